The molecule has 6 nitrogen and oxygen atoms in total. The number of carbonyl (C=O) groups excluding carboxylic acids is 2. The summed E-state index contributed by atoms with van der Waals surface area (Å²) in [6.07, 6.45) is 1.63. The van der Waals surface area contributed by atoms with Crippen LogP contribution in [0.25, 0.3) is 16.9 Å². The maximum Gasteiger partial charge on any atom is 0.342 e. The van der Waals surface area contributed by atoms with Crippen LogP contribution in [0.3, 0.4) is 0 Å². The normalized spacial score (nSPS) is 10.4. The molecule has 132 valence electrons. The predicted molar refractivity (Wildman–Crippen MR) is 98.1 cm³/mol. The minimum absolute atomic E-state index is 0.312. The van der Waals surface area contributed by atoms with Gasteiger partial charge in [-0.05, 0) is 24.6 Å². The van der Waals surface area contributed by atoms with E-state index in [1.54, 1.807) is 10.9 Å². The fourth-order valence-electron chi connectivity index (χ4n) is 2.55. The second kappa shape index (κ2) is 7.65. The summed E-state index contributed by atoms with van der Waals surface area (Å²) in [7, 11) is 1.49. The van der Waals surface area contributed by atoms with Crippen molar-refractivity contribution in [3.63, 3.8) is 0 Å². The Morgan fingerprint density at radius 3 is 2.46 bits per heavy atom. The topological polar surface area (TPSA) is 73.2 Å². The average molecular weight is 349 g/mol. The van der Waals surface area contributed by atoms with Crippen molar-refractivity contribution in [2.45, 2.75) is 6.92 Å². The number of aromatic nitrogens is 2. The van der Waals surface area contributed by atoms with Gasteiger partial charge in [0.25, 0.3) is 5.91 Å². The third-order valence-electron chi connectivity index (χ3n) is 3.97. The number of carbonyl (C=O) groups is 2. The largest absolute Gasteiger partial charge is 0.452 e. The Kier molecular flexibility index (Phi) is 5.12. The van der Waals surface area contributed by atoms with E-state index in [4.69, 9.17) is 4.74 Å². The van der Waals surface area contributed by atoms with Crippen molar-refractivity contribution < 1.29 is 14.3 Å². The van der Waals surface area contributed by atoms with E-state index in [2.05, 4.69) is 10.4 Å². The summed E-state index contributed by atoms with van der Waals surface area (Å²) in [5.41, 5.74) is 3.49. The Hall–Kier alpha value is -3.41. The van der Waals surface area contributed by atoms with E-state index in [1.165, 1.54) is 7.05 Å². The minimum Gasteiger partial charge on any atom is -0.452 e. The number of rotatable bonds is 5. The number of amides is 1. The number of nitrogens with one attached hydrogen (secondary N) is 1. The average Bonchev–Trinajstić information content (AvgIpc) is 3.12. The molecular formula is C20H19N3O3. The van der Waals surface area contributed by atoms with Gasteiger partial charge in [0.05, 0.1) is 5.69 Å². The highest BCUT2D eigenvalue weighted by Crippen LogP contribution is 2.27. The van der Waals surface area contributed by atoms with Crippen LogP contribution in [0.2, 0.25) is 0 Å². The zero-order valence-electron chi connectivity index (χ0n) is 14.6. The third kappa shape index (κ3) is 3.64. The fraction of sp³-hybridized carbons (Fsp3) is 0.150. The minimum atomic E-state index is -0.589. The van der Waals surface area contributed by atoms with E-state index in [9.17, 15) is 9.59 Å². The van der Waals surface area contributed by atoms with Crippen LogP contribution in [-0.2, 0) is 9.53 Å². The Morgan fingerprint density at radius 2 is 1.77 bits per heavy atom. The molecule has 3 rings (SSSR count). The molecule has 3 aromatic rings. The number of ether oxygens (including phenoxy) is 1. The second-order valence-corrected chi connectivity index (χ2v) is 5.74. The van der Waals surface area contributed by atoms with Gasteiger partial charge in [-0.15, -0.1) is 0 Å². The molecule has 6 heteroatoms. The summed E-state index contributed by atoms with van der Waals surface area (Å²) in [6, 6.07) is 17.2. The number of aryl methyl sites for hydroxylation is 1. The van der Waals surface area contributed by atoms with Gasteiger partial charge in [-0.25, -0.2) is 9.48 Å². The van der Waals surface area contributed by atoms with Crippen LogP contribution < -0.4 is 5.32 Å². The quantitative estimate of drug-likeness (QED) is 0.719. The predicted octanol–water partition coefficient (Wildman–Crippen LogP) is 2.75. The van der Waals surface area contributed by atoms with E-state index in [1.807, 2.05) is 61.5 Å². The third-order valence-corrected chi connectivity index (χ3v) is 3.97. The first-order chi connectivity index (χ1) is 12.6. The van der Waals surface area contributed by atoms with Gasteiger partial charge in [0.2, 0.25) is 0 Å². The monoisotopic (exact) mass is 349 g/mol. The van der Waals surface area contributed by atoms with Crippen molar-refractivity contribution in [1.82, 2.24) is 15.1 Å². The molecule has 0 atom stereocenters. The van der Waals surface area contributed by atoms with Crippen LogP contribution >= 0.6 is 0 Å². The van der Waals surface area contributed by atoms with Gasteiger partial charge in [0.1, 0.15) is 11.3 Å². The molecule has 26 heavy (non-hydrogen) atoms. The first-order valence-corrected chi connectivity index (χ1v) is 8.19. The lowest BCUT2D eigenvalue weighted by atomic mass is 10.0. The lowest BCUT2D eigenvalue weighted by molar-refractivity contribution is -0.123. The number of hydrogen-bond acceptors (Lipinski definition) is 4. The number of para-hydroxylation sites is 1. The molecule has 0 aliphatic heterocycles. The van der Waals surface area contributed by atoms with Crippen LogP contribution in [0.4, 0.5) is 0 Å². The highest BCUT2D eigenvalue weighted by atomic mass is 16.5. The highest BCUT2D eigenvalue weighted by molar-refractivity contribution is 5.97. The molecule has 1 N–H and O–H groups in total. The first-order valence-electron chi connectivity index (χ1n) is 8.19. The maximum absolute atomic E-state index is 12.6. The second-order valence-electron chi connectivity index (χ2n) is 5.74. The molecule has 1 amide bonds. The van der Waals surface area contributed by atoms with E-state index >= 15 is 0 Å². The van der Waals surface area contributed by atoms with Gasteiger partial charge in [-0.2, -0.15) is 5.10 Å². The molecule has 0 aliphatic rings. The van der Waals surface area contributed by atoms with E-state index in [-0.39, 0.29) is 12.5 Å². The van der Waals surface area contributed by atoms with Crippen LogP contribution in [-0.4, -0.2) is 35.3 Å². The molecule has 0 unspecified atom stereocenters. The molecule has 0 bridgehead atoms. The Balaban J connectivity index is 2.03. The lowest BCUT2D eigenvalue weighted by Gasteiger charge is -2.06. The van der Waals surface area contributed by atoms with Gasteiger partial charge < -0.3 is 10.1 Å². The number of likely N-dealkylation sites (N-methyl/N-ethyl adjacent to an activating group) is 1. The summed E-state index contributed by atoms with van der Waals surface area (Å²) < 4.78 is 6.76. The van der Waals surface area contributed by atoms with Crippen molar-refractivity contribution in [2.24, 2.45) is 0 Å². The smallest absolute Gasteiger partial charge is 0.342 e. The number of hydrogen-bond donors (Lipinski definition) is 1. The maximum atomic E-state index is 12.6. The highest BCUT2D eigenvalue weighted by Gasteiger charge is 2.21. The standard InChI is InChI=1S/C20H19N3O3/c1-14-8-6-7-11-16(14)19-17(20(25)26-13-18(24)21-2)12-23(22-19)15-9-4-3-5-10-15/h3-12H,13H2,1-2H3,(H,21,24). The van der Waals surface area contributed by atoms with Crippen LogP contribution in [0, 0.1) is 6.92 Å². The first kappa shape index (κ1) is 17.4. The van der Waals surface area contributed by atoms with Gasteiger partial charge in [-0.1, -0.05) is 42.5 Å². The van der Waals surface area contributed by atoms with Crippen molar-refractivity contribution in [3.8, 4) is 16.9 Å². The molecule has 1 heterocycles. The number of esters is 1. The summed E-state index contributed by atoms with van der Waals surface area (Å²) >= 11 is 0. The van der Waals surface area contributed by atoms with Gasteiger partial charge in [0.15, 0.2) is 6.61 Å². The van der Waals surface area contributed by atoms with Gasteiger partial charge in [-0.3, -0.25) is 4.79 Å². The number of nitrogens with zero attached hydrogens (tertiary/aromatic N) is 2. The molecular weight excluding hydrogens is 330 g/mol. The summed E-state index contributed by atoms with van der Waals surface area (Å²) in [5, 5.41) is 7.02. The molecule has 0 spiro atoms. The molecule has 0 saturated carbocycles. The summed E-state index contributed by atoms with van der Waals surface area (Å²) in [6.45, 7) is 1.62. The molecule has 2 aromatic carbocycles. The fourth-order valence-corrected chi connectivity index (χ4v) is 2.55. The Morgan fingerprint density at radius 1 is 1.08 bits per heavy atom. The van der Waals surface area contributed by atoms with Crippen LogP contribution in [0.15, 0.2) is 60.8 Å². The summed E-state index contributed by atoms with van der Waals surface area (Å²) in [5.74, 6) is -0.958. The molecule has 0 fully saturated rings. The van der Waals surface area contributed by atoms with Gasteiger partial charge >= 0.3 is 5.97 Å². The van der Waals surface area contributed by atoms with Crippen molar-refractivity contribution in [1.29, 1.82) is 0 Å². The molecule has 0 radical (unpaired) electrons. The van der Waals surface area contributed by atoms with E-state index in [0.29, 0.717) is 11.3 Å². The van der Waals surface area contributed by atoms with Gasteiger partial charge in [0, 0.05) is 18.8 Å². The van der Waals surface area contributed by atoms with E-state index in [0.717, 1.165) is 16.8 Å². The van der Waals surface area contributed by atoms with Crippen molar-refractivity contribution in [2.75, 3.05) is 13.7 Å². The summed E-state index contributed by atoms with van der Waals surface area (Å²) in [4.78, 5) is 23.9. The van der Waals surface area contributed by atoms with Crippen LogP contribution in [0.5, 0.6) is 0 Å². The zero-order valence-corrected chi connectivity index (χ0v) is 14.6. The Labute approximate surface area is 151 Å². The van der Waals surface area contributed by atoms with Crippen molar-refractivity contribution >= 4 is 11.9 Å². The van der Waals surface area contributed by atoms with E-state index < -0.39 is 5.97 Å². The van der Waals surface area contributed by atoms with Crippen molar-refractivity contribution in [3.05, 3.63) is 71.9 Å². The Bertz CT molecular complexity index is 932. The molecule has 1 aromatic heterocycles. The molecule has 0 aliphatic carbocycles. The zero-order chi connectivity index (χ0) is 18.5. The molecule has 0 saturated heterocycles. The SMILES string of the molecule is CNC(=O)COC(=O)c1cn(-c2ccccc2)nc1-c1ccccc1C. The lowest BCUT2D eigenvalue weighted by Crippen LogP contribution is -2.25. The van der Waals surface area contributed by atoms with Crippen LogP contribution in [0.1, 0.15) is 15.9 Å². The number of benzene rings is 2.